The highest BCUT2D eigenvalue weighted by Gasteiger charge is 2.21. The van der Waals surface area contributed by atoms with Gasteiger partial charge in [0.15, 0.2) is 9.84 Å². The van der Waals surface area contributed by atoms with Crippen molar-refractivity contribution < 1.29 is 12.8 Å². The third kappa shape index (κ3) is 3.50. The van der Waals surface area contributed by atoms with Crippen molar-refractivity contribution in [2.75, 3.05) is 0 Å². The monoisotopic (exact) mass is 310 g/mol. The summed E-state index contributed by atoms with van der Waals surface area (Å²) in [6.07, 6.45) is 3.64. The lowest BCUT2D eigenvalue weighted by Gasteiger charge is -2.12. The first-order valence-electron chi connectivity index (χ1n) is 6.99. The summed E-state index contributed by atoms with van der Waals surface area (Å²) < 4.78 is 39.9. The van der Waals surface area contributed by atoms with Crippen LogP contribution in [0.4, 0.5) is 4.39 Å². The second-order valence-corrected chi connectivity index (χ2v) is 6.90. The van der Waals surface area contributed by atoms with Gasteiger partial charge in [-0.25, -0.2) is 12.8 Å². The first-order chi connectivity index (χ1) is 9.97. The smallest absolute Gasteiger partial charge is 0.187 e. The number of nitrogens with zero attached hydrogens (tertiary/aromatic N) is 2. The van der Waals surface area contributed by atoms with Crippen molar-refractivity contribution in [2.45, 2.75) is 43.4 Å². The molecule has 1 heterocycles. The molecule has 0 radical (unpaired) electrons. The van der Waals surface area contributed by atoms with Crippen LogP contribution in [0.2, 0.25) is 0 Å². The minimum Gasteiger partial charge on any atom is -0.269 e. The van der Waals surface area contributed by atoms with E-state index in [2.05, 4.69) is 18.9 Å². The number of hydrogen-bond acceptors (Lipinski definition) is 3. The molecule has 0 aliphatic carbocycles. The second-order valence-electron chi connectivity index (χ2n) is 4.95. The van der Waals surface area contributed by atoms with Crippen molar-refractivity contribution in [3.8, 4) is 0 Å². The molecule has 2 aromatic rings. The molecule has 0 amide bonds. The summed E-state index contributed by atoms with van der Waals surface area (Å²) in [6, 6.07) is 7.35. The fraction of sp³-hybridized carbons (Fsp3) is 0.400. The van der Waals surface area contributed by atoms with Crippen LogP contribution in [0.3, 0.4) is 0 Å². The molecule has 0 spiro atoms. The first kappa shape index (κ1) is 15.7. The molecule has 6 heteroatoms. The molecule has 1 aromatic heterocycles. The molecule has 0 atom stereocenters. The van der Waals surface area contributed by atoms with E-state index in [9.17, 15) is 12.8 Å². The van der Waals surface area contributed by atoms with Gasteiger partial charge in [0.2, 0.25) is 0 Å². The molecular weight excluding hydrogens is 291 g/mol. The van der Waals surface area contributed by atoms with Crippen LogP contribution >= 0.6 is 0 Å². The molecule has 21 heavy (non-hydrogen) atoms. The number of halogens is 1. The molecule has 0 saturated heterocycles. The van der Waals surface area contributed by atoms with Crippen molar-refractivity contribution in [3.63, 3.8) is 0 Å². The normalized spacial score (nSPS) is 12.0. The number of aromatic nitrogens is 2. The van der Waals surface area contributed by atoms with Crippen molar-refractivity contribution in [1.29, 1.82) is 0 Å². The zero-order valence-corrected chi connectivity index (χ0v) is 13.0. The number of hydrogen-bond donors (Lipinski definition) is 0. The van der Waals surface area contributed by atoms with Crippen LogP contribution in [0, 0.1) is 5.82 Å². The van der Waals surface area contributed by atoms with Crippen LogP contribution in [0.15, 0.2) is 41.4 Å². The Morgan fingerprint density at radius 3 is 2.48 bits per heavy atom. The summed E-state index contributed by atoms with van der Waals surface area (Å²) >= 11 is 0. The van der Waals surface area contributed by atoms with E-state index in [0.29, 0.717) is 5.69 Å². The van der Waals surface area contributed by atoms with E-state index in [-0.39, 0.29) is 16.7 Å². The Labute approximate surface area is 124 Å². The summed E-state index contributed by atoms with van der Waals surface area (Å²) in [4.78, 5) is -0.276. The van der Waals surface area contributed by atoms with E-state index in [4.69, 9.17) is 0 Å². The van der Waals surface area contributed by atoms with Gasteiger partial charge in [0.1, 0.15) is 10.7 Å². The third-order valence-electron chi connectivity index (χ3n) is 3.49. The molecule has 0 aliphatic rings. The van der Waals surface area contributed by atoms with Crippen LogP contribution in [0.1, 0.15) is 38.4 Å². The van der Waals surface area contributed by atoms with Crippen LogP contribution < -0.4 is 0 Å². The predicted octanol–water partition coefficient (Wildman–Crippen LogP) is 3.36. The van der Waals surface area contributed by atoms with Gasteiger partial charge in [-0.05, 0) is 31.0 Å². The van der Waals surface area contributed by atoms with Gasteiger partial charge in [-0.1, -0.05) is 26.0 Å². The minimum atomic E-state index is -3.72. The van der Waals surface area contributed by atoms with Gasteiger partial charge in [-0.3, -0.25) is 4.68 Å². The maximum Gasteiger partial charge on any atom is 0.187 e. The largest absolute Gasteiger partial charge is 0.269 e. The van der Waals surface area contributed by atoms with E-state index < -0.39 is 15.7 Å². The summed E-state index contributed by atoms with van der Waals surface area (Å²) in [5.74, 6) is -1.02. The maximum atomic E-state index is 13.6. The topological polar surface area (TPSA) is 52.0 Å². The van der Waals surface area contributed by atoms with Crippen LogP contribution in [-0.2, 0) is 15.6 Å². The Hall–Kier alpha value is -1.69. The lowest BCUT2D eigenvalue weighted by molar-refractivity contribution is 0.426. The van der Waals surface area contributed by atoms with Crippen molar-refractivity contribution in [1.82, 2.24) is 9.78 Å². The highest BCUT2D eigenvalue weighted by atomic mass is 32.2. The van der Waals surface area contributed by atoms with Crippen molar-refractivity contribution in [2.24, 2.45) is 0 Å². The Balaban J connectivity index is 2.24. The van der Waals surface area contributed by atoms with Crippen LogP contribution in [0.5, 0.6) is 0 Å². The summed E-state index contributed by atoms with van der Waals surface area (Å²) in [7, 11) is -3.72. The van der Waals surface area contributed by atoms with E-state index in [0.717, 1.165) is 18.9 Å². The maximum absolute atomic E-state index is 13.6. The standard InChI is InChI=1S/C15H19FN2O2S/c1-3-13(4-2)18-10-9-12(17-18)11-21(19,20)15-8-6-5-7-14(15)16/h5-10,13H,3-4,11H2,1-2H3. The van der Waals surface area contributed by atoms with Gasteiger partial charge in [0.25, 0.3) is 0 Å². The molecule has 114 valence electrons. The zero-order valence-electron chi connectivity index (χ0n) is 12.2. The fourth-order valence-corrected chi connectivity index (χ4v) is 3.64. The van der Waals surface area contributed by atoms with E-state index in [1.807, 2.05) is 0 Å². The lowest BCUT2D eigenvalue weighted by atomic mass is 10.2. The average molecular weight is 310 g/mol. The quantitative estimate of drug-likeness (QED) is 0.822. The Morgan fingerprint density at radius 2 is 1.86 bits per heavy atom. The lowest BCUT2D eigenvalue weighted by Crippen LogP contribution is -2.10. The molecule has 0 saturated carbocycles. The van der Waals surface area contributed by atoms with Gasteiger partial charge in [0, 0.05) is 6.20 Å². The summed E-state index contributed by atoms with van der Waals surface area (Å²) in [6.45, 7) is 4.12. The SMILES string of the molecule is CCC(CC)n1ccc(CS(=O)(=O)c2ccccc2F)n1. The van der Waals surface area contributed by atoms with Gasteiger partial charge in [-0.2, -0.15) is 5.10 Å². The Kier molecular flexibility index (Phi) is 4.77. The molecule has 0 bridgehead atoms. The molecule has 0 fully saturated rings. The number of rotatable bonds is 6. The van der Waals surface area contributed by atoms with Crippen molar-refractivity contribution >= 4 is 9.84 Å². The van der Waals surface area contributed by atoms with Crippen LogP contribution in [-0.4, -0.2) is 18.2 Å². The highest BCUT2D eigenvalue weighted by molar-refractivity contribution is 7.90. The van der Waals surface area contributed by atoms with E-state index >= 15 is 0 Å². The molecule has 4 nitrogen and oxygen atoms in total. The summed E-state index contributed by atoms with van der Waals surface area (Å²) in [5, 5.41) is 4.31. The second kappa shape index (κ2) is 6.39. The Morgan fingerprint density at radius 1 is 1.19 bits per heavy atom. The molecule has 0 aliphatic heterocycles. The van der Waals surface area contributed by atoms with Gasteiger partial charge in [0.05, 0.1) is 17.5 Å². The van der Waals surface area contributed by atoms with E-state index in [1.54, 1.807) is 16.9 Å². The first-order valence-corrected chi connectivity index (χ1v) is 8.64. The zero-order chi connectivity index (χ0) is 15.5. The highest BCUT2D eigenvalue weighted by Crippen LogP contribution is 2.20. The molecular formula is C15H19FN2O2S. The van der Waals surface area contributed by atoms with Gasteiger partial charge < -0.3 is 0 Å². The van der Waals surface area contributed by atoms with Crippen LogP contribution in [0.25, 0.3) is 0 Å². The number of benzene rings is 1. The van der Waals surface area contributed by atoms with Gasteiger partial charge in [-0.15, -0.1) is 0 Å². The summed E-state index contributed by atoms with van der Waals surface area (Å²) in [5.41, 5.74) is 0.435. The molecule has 2 rings (SSSR count). The van der Waals surface area contributed by atoms with Gasteiger partial charge >= 0.3 is 0 Å². The minimum absolute atomic E-state index is 0.259. The number of sulfone groups is 1. The Bertz CT molecular complexity index is 706. The third-order valence-corrected chi connectivity index (χ3v) is 5.17. The fourth-order valence-electron chi connectivity index (χ4n) is 2.29. The molecule has 0 N–H and O–H groups in total. The molecule has 0 unspecified atom stereocenters. The predicted molar refractivity (Wildman–Crippen MR) is 79.1 cm³/mol. The van der Waals surface area contributed by atoms with Crippen molar-refractivity contribution in [3.05, 3.63) is 48.0 Å². The molecule has 1 aromatic carbocycles. The average Bonchev–Trinajstić information content (AvgIpc) is 2.88. The van der Waals surface area contributed by atoms with E-state index in [1.165, 1.54) is 18.2 Å².